The lowest BCUT2D eigenvalue weighted by molar-refractivity contribution is -0.194. The highest BCUT2D eigenvalue weighted by Gasteiger charge is 2.68. The average Bonchev–Trinajstić information content (AvgIpc) is 3.45. The minimum Gasteiger partial charge on any atom is -0.366 e. The molecule has 1 aromatic carbocycles. The van der Waals surface area contributed by atoms with Gasteiger partial charge in [-0.3, -0.25) is 9.59 Å². The Kier molecular flexibility index (Phi) is 7.48. The third kappa shape index (κ3) is 5.92. The molecule has 6 nitrogen and oxygen atoms in total. The van der Waals surface area contributed by atoms with Gasteiger partial charge in [0.2, 0.25) is 11.8 Å². The number of aryl methyl sites for hydroxylation is 1. The highest BCUT2D eigenvalue weighted by molar-refractivity contribution is 7.11. The van der Waals surface area contributed by atoms with E-state index in [1.54, 1.807) is 37.4 Å². The van der Waals surface area contributed by atoms with Crippen LogP contribution in [0.25, 0.3) is 0 Å². The first-order valence-electron chi connectivity index (χ1n) is 10.7. The standard InChI is InChI=1S/C23H29F3N4O2S/c1-14-12-29-21(33-14)18(22(8-9-22)23(24,25)26)11-19(31)28-13-17(30(2)3)10-15-4-6-16(7-5-15)20(27)32/h4-7,12,17-18H,8-11,13H2,1-3H3,(H2,27,32)(H,28,31)/t17-,18+/m0/s1. The van der Waals surface area contributed by atoms with Crippen molar-refractivity contribution in [1.29, 1.82) is 0 Å². The number of benzene rings is 1. The molecule has 1 heterocycles. The van der Waals surface area contributed by atoms with Crippen molar-refractivity contribution in [2.24, 2.45) is 11.1 Å². The SMILES string of the molecule is Cc1cnc([C@@H](CC(=O)NC[C@H](Cc2ccc(C(N)=O)cc2)N(C)C)C2(C(F)(F)F)CC2)s1. The lowest BCUT2D eigenvalue weighted by Gasteiger charge is -2.28. The Hall–Kier alpha value is -2.46. The van der Waals surface area contributed by atoms with Crippen molar-refractivity contribution >= 4 is 23.2 Å². The van der Waals surface area contributed by atoms with Crippen LogP contribution < -0.4 is 11.1 Å². The van der Waals surface area contributed by atoms with E-state index in [-0.39, 0.29) is 31.8 Å². The van der Waals surface area contributed by atoms with Gasteiger partial charge in [-0.05, 0) is 58.0 Å². The Morgan fingerprint density at radius 3 is 2.33 bits per heavy atom. The van der Waals surface area contributed by atoms with Gasteiger partial charge < -0.3 is 16.0 Å². The third-order valence-electron chi connectivity index (χ3n) is 6.32. The largest absolute Gasteiger partial charge is 0.395 e. The molecule has 0 unspecified atom stereocenters. The Morgan fingerprint density at radius 1 is 1.24 bits per heavy atom. The number of hydrogen-bond acceptors (Lipinski definition) is 5. The number of halogens is 3. The van der Waals surface area contributed by atoms with E-state index in [0.29, 0.717) is 17.0 Å². The number of aromatic nitrogens is 1. The number of carbonyl (C=O) groups excluding carboxylic acids is 2. The van der Waals surface area contributed by atoms with E-state index in [4.69, 9.17) is 5.73 Å². The second-order valence-corrected chi connectivity index (χ2v) is 10.2. The van der Waals surface area contributed by atoms with Crippen LogP contribution in [0.5, 0.6) is 0 Å². The van der Waals surface area contributed by atoms with Crippen LogP contribution in [-0.4, -0.2) is 54.6 Å². The topological polar surface area (TPSA) is 88.3 Å². The van der Waals surface area contributed by atoms with Gasteiger partial charge in [0, 0.05) is 41.6 Å². The number of thiazole rings is 1. The summed E-state index contributed by atoms with van der Waals surface area (Å²) in [5, 5.41) is 3.20. The number of alkyl halides is 3. The fourth-order valence-corrected chi connectivity index (χ4v) is 5.01. The summed E-state index contributed by atoms with van der Waals surface area (Å²) >= 11 is 1.22. The van der Waals surface area contributed by atoms with Crippen LogP contribution >= 0.6 is 11.3 Å². The summed E-state index contributed by atoms with van der Waals surface area (Å²) in [4.78, 5) is 31.0. The van der Waals surface area contributed by atoms with Gasteiger partial charge in [0.05, 0.1) is 10.4 Å². The van der Waals surface area contributed by atoms with Gasteiger partial charge >= 0.3 is 6.18 Å². The molecule has 2 atom stereocenters. The summed E-state index contributed by atoms with van der Waals surface area (Å²) in [6.07, 6.45) is -2.43. The van der Waals surface area contributed by atoms with Gasteiger partial charge in [-0.25, -0.2) is 4.98 Å². The molecule has 0 spiro atoms. The number of carbonyl (C=O) groups is 2. The Labute approximate surface area is 195 Å². The van der Waals surface area contributed by atoms with Crippen LogP contribution in [0.15, 0.2) is 30.5 Å². The fourth-order valence-electron chi connectivity index (χ4n) is 4.02. The lowest BCUT2D eigenvalue weighted by Crippen LogP contribution is -2.42. The highest BCUT2D eigenvalue weighted by atomic mass is 32.1. The van der Waals surface area contributed by atoms with E-state index in [1.165, 1.54) is 11.3 Å². The molecule has 2 aromatic rings. The molecule has 1 aliphatic carbocycles. The predicted molar refractivity (Wildman–Crippen MR) is 121 cm³/mol. The van der Waals surface area contributed by atoms with Gasteiger partial charge in [-0.2, -0.15) is 13.2 Å². The molecule has 2 amide bonds. The summed E-state index contributed by atoms with van der Waals surface area (Å²) < 4.78 is 41.5. The maximum atomic E-state index is 13.8. The van der Waals surface area contributed by atoms with Crippen molar-refractivity contribution in [3.63, 3.8) is 0 Å². The minimum atomic E-state index is -4.37. The fraction of sp³-hybridized carbons (Fsp3) is 0.522. The zero-order valence-corrected chi connectivity index (χ0v) is 19.7. The van der Waals surface area contributed by atoms with Crippen molar-refractivity contribution in [3.8, 4) is 0 Å². The second-order valence-electron chi connectivity index (χ2n) is 8.91. The van der Waals surface area contributed by atoms with Crippen LogP contribution in [0, 0.1) is 12.3 Å². The van der Waals surface area contributed by atoms with E-state index >= 15 is 0 Å². The summed E-state index contributed by atoms with van der Waals surface area (Å²) in [6.45, 7) is 2.08. The predicted octanol–water partition coefficient (Wildman–Crippen LogP) is 3.66. The quantitative estimate of drug-likeness (QED) is 0.541. The number of hydrogen-bond donors (Lipinski definition) is 2. The summed E-state index contributed by atoms with van der Waals surface area (Å²) in [5.74, 6) is -1.90. The number of rotatable bonds is 10. The lowest BCUT2D eigenvalue weighted by atomic mass is 9.85. The van der Waals surface area contributed by atoms with Crippen LogP contribution in [0.1, 0.15) is 51.0 Å². The van der Waals surface area contributed by atoms with E-state index in [0.717, 1.165) is 10.4 Å². The Balaban J connectivity index is 1.66. The highest BCUT2D eigenvalue weighted by Crippen LogP contribution is 2.66. The zero-order chi connectivity index (χ0) is 24.4. The molecule has 1 fully saturated rings. The Morgan fingerprint density at radius 2 is 1.88 bits per heavy atom. The molecule has 1 aliphatic rings. The van der Waals surface area contributed by atoms with E-state index in [9.17, 15) is 22.8 Å². The number of nitrogens with two attached hydrogens (primary N) is 1. The first-order chi connectivity index (χ1) is 15.4. The van der Waals surface area contributed by atoms with Crippen LogP contribution in [0.4, 0.5) is 13.2 Å². The first kappa shape index (κ1) is 25.2. The average molecular weight is 483 g/mol. The molecule has 0 radical (unpaired) electrons. The van der Waals surface area contributed by atoms with Gasteiger partial charge in [-0.15, -0.1) is 11.3 Å². The van der Waals surface area contributed by atoms with Crippen LogP contribution in [0.2, 0.25) is 0 Å². The number of amides is 2. The molecular formula is C23H29F3N4O2S. The van der Waals surface area contributed by atoms with Crippen molar-refractivity contribution < 1.29 is 22.8 Å². The summed E-state index contributed by atoms with van der Waals surface area (Å²) in [5.41, 5.74) is 4.78. The van der Waals surface area contributed by atoms with E-state index in [2.05, 4.69) is 10.3 Å². The zero-order valence-electron chi connectivity index (χ0n) is 18.9. The smallest absolute Gasteiger partial charge is 0.366 e. The monoisotopic (exact) mass is 482 g/mol. The Bertz CT molecular complexity index is 984. The number of primary amides is 1. The van der Waals surface area contributed by atoms with Gasteiger partial charge in [0.25, 0.3) is 0 Å². The molecule has 1 aromatic heterocycles. The second kappa shape index (κ2) is 9.80. The molecule has 1 saturated carbocycles. The van der Waals surface area contributed by atoms with E-state index in [1.807, 2.05) is 19.0 Å². The molecule has 33 heavy (non-hydrogen) atoms. The van der Waals surface area contributed by atoms with Crippen molar-refractivity contribution in [2.45, 2.75) is 50.7 Å². The van der Waals surface area contributed by atoms with Crippen molar-refractivity contribution in [3.05, 3.63) is 51.5 Å². The summed E-state index contributed by atoms with van der Waals surface area (Å²) in [6, 6.07) is 6.83. The molecule has 0 bridgehead atoms. The number of likely N-dealkylation sites (N-methyl/N-ethyl adjacent to an activating group) is 1. The molecule has 180 valence electrons. The number of nitrogens with zero attached hydrogens (tertiary/aromatic N) is 2. The summed E-state index contributed by atoms with van der Waals surface area (Å²) in [7, 11) is 3.75. The van der Waals surface area contributed by atoms with Crippen molar-refractivity contribution in [1.82, 2.24) is 15.2 Å². The molecule has 3 N–H and O–H groups in total. The van der Waals surface area contributed by atoms with Gasteiger partial charge in [0.1, 0.15) is 0 Å². The van der Waals surface area contributed by atoms with Gasteiger partial charge in [-0.1, -0.05) is 12.1 Å². The van der Waals surface area contributed by atoms with Crippen LogP contribution in [-0.2, 0) is 11.2 Å². The first-order valence-corrected chi connectivity index (χ1v) is 11.6. The molecule has 10 heteroatoms. The molecule has 3 rings (SSSR count). The van der Waals surface area contributed by atoms with Crippen molar-refractivity contribution in [2.75, 3.05) is 20.6 Å². The molecule has 0 aliphatic heterocycles. The maximum absolute atomic E-state index is 13.8. The maximum Gasteiger partial charge on any atom is 0.395 e. The minimum absolute atomic E-state index is 0.0225. The normalized spacial score (nSPS) is 16.9. The third-order valence-corrected chi connectivity index (χ3v) is 7.35. The molecule has 0 saturated heterocycles. The number of nitrogens with one attached hydrogen (secondary N) is 1. The van der Waals surface area contributed by atoms with Crippen LogP contribution in [0.3, 0.4) is 0 Å². The van der Waals surface area contributed by atoms with E-state index < -0.39 is 29.3 Å². The molecular weight excluding hydrogens is 453 g/mol. The van der Waals surface area contributed by atoms with Gasteiger partial charge in [0.15, 0.2) is 0 Å².